The molecule has 0 bridgehead atoms. The van der Waals surface area contributed by atoms with E-state index in [0.29, 0.717) is 36.2 Å². The van der Waals surface area contributed by atoms with E-state index >= 15 is 0 Å². The monoisotopic (exact) mass is 423 g/mol. The van der Waals surface area contributed by atoms with Gasteiger partial charge >= 0.3 is 0 Å². The minimum atomic E-state index is 0.0437. The van der Waals surface area contributed by atoms with Crippen LogP contribution in [0.4, 0.5) is 0 Å². The summed E-state index contributed by atoms with van der Waals surface area (Å²) in [6, 6.07) is 4.34. The first kappa shape index (κ1) is 21.2. The van der Waals surface area contributed by atoms with Gasteiger partial charge in [0, 0.05) is 38.6 Å². The number of aromatic amines is 1. The Balaban J connectivity index is 1.54. The van der Waals surface area contributed by atoms with Crippen molar-refractivity contribution in [1.29, 1.82) is 0 Å². The van der Waals surface area contributed by atoms with Gasteiger partial charge in [-0.25, -0.2) is 0 Å². The van der Waals surface area contributed by atoms with Gasteiger partial charge in [0.25, 0.3) is 0 Å². The molecule has 1 atom stereocenters. The molecule has 2 N–H and O–H groups in total. The summed E-state index contributed by atoms with van der Waals surface area (Å²) in [4.78, 5) is 16.0. The molecule has 7 nitrogen and oxygen atoms in total. The summed E-state index contributed by atoms with van der Waals surface area (Å²) in [6.07, 6.45) is 1.44. The lowest BCUT2D eigenvalue weighted by molar-refractivity contribution is -0.121. The number of ether oxygens (including phenoxy) is 1. The molecule has 1 amide bonds. The number of hydrogen-bond donors (Lipinski definition) is 2. The number of morpholine rings is 1. The molecular formula is C19H29N5O2S2. The average Bonchev–Trinajstić information content (AvgIpc) is 3.33. The molecule has 2 aromatic heterocycles. The van der Waals surface area contributed by atoms with E-state index in [4.69, 9.17) is 17.0 Å². The van der Waals surface area contributed by atoms with Gasteiger partial charge in [0.1, 0.15) is 0 Å². The number of nitrogens with one attached hydrogen (secondary N) is 2. The number of carbonyl (C=O) groups excluding carboxylic acids is 1. The number of H-pyrrole nitrogens is 1. The Morgan fingerprint density at radius 2 is 2.21 bits per heavy atom. The van der Waals surface area contributed by atoms with Gasteiger partial charge < -0.3 is 10.1 Å². The summed E-state index contributed by atoms with van der Waals surface area (Å²) in [7, 11) is 0. The van der Waals surface area contributed by atoms with Crippen molar-refractivity contribution in [2.75, 3.05) is 32.8 Å². The van der Waals surface area contributed by atoms with Crippen molar-refractivity contribution in [1.82, 2.24) is 25.0 Å². The molecule has 0 spiro atoms. The van der Waals surface area contributed by atoms with Crippen molar-refractivity contribution in [2.24, 2.45) is 5.92 Å². The van der Waals surface area contributed by atoms with Crippen LogP contribution in [-0.2, 0) is 16.1 Å². The van der Waals surface area contributed by atoms with Gasteiger partial charge in [0.05, 0.1) is 18.1 Å². The van der Waals surface area contributed by atoms with Crippen LogP contribution in [-0.4, -0.2) is 64.5 Å². The van der Waals surface area contributed by atoms with E-state index in [0.717, 1.165) is 43.4 Å². The highest BCUT2D eigenvalue weighted by Gasteiger charge is 2.22. The maximum atomic E-state index is 12.5. The molecule has 1 fully saturated rings. The van der Waals surface area contributed by atoms with Crippen molar-refractivity contribution in [3.63, 3.8) is 0 Å². The van der Waals surface area contributed by atoms with E-state index in [1.807, 2.05) is 22.1 Å². The highest BCUT2D eigenvalue weighted by atomic mass is 32.1. The van der Waals surface area contributed by atoms with Crippen LogP contribution in [0.5, 0.6) is 0 Å². The Morgan fingerprint density at radius 1 is 1.43 bits per heavy atom. The van der Waals surface area contributed by atoms with E-state index in [1.54, 1.807) is 11.3 Å². The fourth-order valence-electron chi connectivity index (χ4n) is 3.50. The van der Waals surface area contributed by atoms with Crippen LogP contribution in [0.15, 0.2) is 17.5 Å². The topological polar surface area (TPSA) is 75.2 Å². The Kier molecular flexibility index (Phi) is 7.78. The fourth-order valence-corrected chi connectivity index (χ4v) is 4.45. The molecule has 0 saturated carbocycles. The predicted molar refractivity (Wildman–Crippen MR) is 114 cm³/mol. The predicted octanol–water partition coefficient (Wildman–Crippen LogP) is 2.92. The Hall–Kier alpha value is -1.55. The largest absolute Gasteiger partial charge is 0.379 e. The number of thiophene rings is 1. The Bertz CT molecular complexity index is 794. The lowest BCUT2D eigenvalue weighted by Gasteiger charge is -2.35. The molecule has 0 aromatic carbocycles. The van der Waals surface area contributed by atoms with E-state index in [2.05, 4.69) is 34.3 Å². The van der Waals surface area contributed by atoms with E-state index in [1.165, 1.54) is 0 Å². The van der Waals surface area contributed by atoms with Crippen LogP contribution in [0.25, 0.3) is 10.7 Å². The number of amides is 1. The fraction of sp³-hybridized carbons (Fsp3) is 0.632. The quantitative estimate of drug-likeness (QED) is 0.607. The van der Waals surface area contributed by atoms with Gasteiger partial charge in [-0.3, -0.25) is 19.4 Å². The standard InChI is InChI=1S/C19H29N5O2S2/c1-14(2)12-15(23-7-9-26-10-8-23)13-20-17(25)5-6-24-18(21-22-19(24)27)16-4-3-11-28-16/h3-4,11,14-15H,5-10,12-13H2,1-2H3,(H,20,25)(H,22,27). The molecule has 2 aromatic rings. The van der Waals surface area contributed by atoms with Gasteiger partial charge in [-0.05, 0) is 36.0 Å². The summed E-state index contributed by atoms with van der Waals surface area (Å²) in [5, 5.41) is 12.3. The van der Waals surface area contributed by atoms with E-state index in [-0.39, 0.29) is 5.91 Å². The van der Waals surface area contributed by atoms with Gasteiger partial charge in [0.15, 0.2) is 10.6 Å². The van der Waals surface area contributed by atoms with Crippen molar-refractivity contribution in [3.8, 4) is 10.7 Å². The van der Waals surface area contributed by atoms with Gasteiger partial charge in [-0.1, -0.05) is 19.9 Å². The lowest BCUT2D eigenvalue weighted by Crippen LogP contribution is -2.49. The van der Waals surface area contributed by atoms with Crippen LogP contribution < -0.4 is 5.32 Å². The molecule has 3 rings (SSSR count). The highest BCUT2D eigenvalue weighted by molar-refractivity contribution is 7.71. The third kappa shape index (κ3) is 5.73. The van der Waals surface area contributed by atoms with Crippen LogP contribution >= 0.6 is 23.6 Å². The molecular weight excluding hydrogens is 394 g/mol. The highest BCUT2D eigenvalue weighted by Crippen LogP contribution is 2.22. The van der Waals surface area contributed by atoms with E-state index < -0.39 is 0 Å². The summed E-state index contributed by atoms with van der Waals surface area (Å²) < 4.78 is 7.90. The summed E-state index contributed by atoms with van der Waals surface area (Å²) in [5.74, 6) is 1.42. The molecule has 1 unspecified atom stereocenters. The first-order valence-corrected chi connectivity index (χ1v) is 11.1. The van der Waals surface area contributed by atoms with Crippen molar-refractivity contribution >= 4 is 29.5 Å². The molecule has 9 heteroatoms. The number of hydrogen-bond acceptors (Lipinski definition) is 6. The minimum absolute atomic E-state index is 0.0437. The number of aromatic nitrogens is 3. The third-order valence-electron chi connectivity index (χ3n) is 4.90. The maximum Gasteiger partial charge on any atom is 0.221 e. The lowest BCUT2D eigenvalue weighted by atomic mass is 10.0. The SMILES string of the molecule is CC(C)CC(CNC(=O)CCn1c(-c2cccs2)n[nH]c1=S)N1CCOCC1. The molecule has 1 aliphatic rings. The minimum Gasteiger partial charge on any atom is -0.379 e. The van der Waals surface area contributed by atoms with Crippen LogP contribution in [0.3, 0.4) is 0 Å². The molecule has 154 valence electrons. The zero-order valence-corrected chi connectivity index (χ0v) is 18.2. The molecule has 3 heterocycles. The smallest absolute Gasteiger partial charge is 0.221 e. The van der Waals surface area contributed by atoms with Crippen LogP contribution in [0.2, 0.25) is 0 Å². The summed E-state index contributed by atoms with van der Waals surface area (Å²) >= 11 is 6.94. The second-order valence-electron chi connectivity index (χ2n) is 7.47. The molecule has 28 heavy (non-hydrogen) atoms. The number of nitrogens with zero attached hydrogens (tertiary/aromatic N) is 3. The zero-order valence-electron chi connectivity index (χ0n) is 16.5. The number of carbonyl (C=O) groups is 1. The normalized spacial score (nSPS) is 16.4. The summed E-state index contributed by atoms with van der Waals surface area (Å²) in [6.45, 7) is 9.04. The Labute approximate surface area is 175 Å². The second-order valence-corrected chi connectivity index (χ2v) is 8.80. The summed E-state index contributed by atoms with van der Waals surface area (Å²) in [5.41, 5.74) is 0. The van der Waals surface area contributed by atoms with Gasteiger partial charge in [0.2, 0.25) is 5.91 Å². The van der Waals surface area contributed by atoms with E-state index in [9.17, 15) is 4.79 Å². The zero-order chi connectivity index (χ0) is 19.9. The third-order valence-corrected chi connectivity index (χ3v) is 6.08. The van der Waals surface area contributed by atoms with Gasteiger partial charge in [-0.15, -0.1) is 11.3 Å². The number of rotatable bonds is 9. The van der Waals surface area contributed by atoms with Crippen molar-refractivity contribution < 1.29 is 9.53 Å². The maximum absolute atomic E-state index is 12.5. The second kappa shape index (κ2) is 10.3. The average molecular weight is 424 g/mol. The van der Waals surface area contributed by atoms with Crippen LogP contribution in [0, 0.1) is 10.7 Å². The first-order valence-electron chi connectivity index (χ1n) is 9.82. The molecule has 1 aliphatic heterocycles. The van der Waals surface area contributed by atoms with Crippen molar-refractivity contribution in [2.45, 2.75) is 39.3 Å². The molecule has 1 saturated heterocycles. The van der Waals surface area contributed by atoms with Crippen molar-refractivity contribution in [3.05, 3.63) is 22.3 Å². The molecule has 0 radical (unpaired) electrons. The first-order chi connectivity index (χ1) is 13.5. The Morgan fingerprint density at radius 3 is 2.89 bits per heavy atom. The molecule has 0 aliphatic carbocycles. The van der Waals surface area contributed by atoms with Crippen LogP contribution in [0.1, 0.15) is 26.7 Å². The van der Waals surface area contributed by atoms with Gasteiger partial charge in [-0.2, -0.15) is 5.10 Å².